The van der Waals surface area contributed by atoms with E-state index >= 15 is 0 Å². The zero-order chi connectivity index (χ0) is 10.2. The Kier molecular flexibility index (Phi) is 1.78. The van der Waals surface area contributed by atoms with Crippen LogP contribution in [0.25, 0.3) is 0 Å². The number of ether oxygens (including phenoxy) is 1. The van der Waals surface area contributed by atoms with Crippen molar-refractivity contribution >= 4 is 0 Å². The van der Waals surface area contributed by atoms with Crippen molar-refractivity contribution in [3.05, 3.63) is 23.8 Å². The molecule has 1 fully saturated rings. The molecule has 0 atom stereocenters. The van der Waals surface area contributed by atoms with E-state index in [1.54, 1.807) is 6.07 Å². The first-order valence-corrected chi connectivity index (χ1v) is 4.34. The fraction of sp³-hybridized carbons (Fsp3) is 0.273. The van der Waals surface area contributed by atoms with Crippen LogP contribution < -0.4 is 0 Å². The lowest BCUT2D eigenvalue weighted by Gasteiger charge is -2.13. The first-order chi connectivity index (χ1) is 6.68. The van der Waals surface area contributed by atoms with Gasteiger partial charge in [-0.25, -0.2) is 0 Å². The number of hydrogen-bond donors (Lipinski definition) is 2. The summed E-state index contributed by atoms with van der Waals surface area (Å²) >= 11 is 0. The number of phenols is 2. The Labute approximate surface area is 82.0 Å². The highest BCUT2D eigenvalue weighted by molar-refractivity contribution is 5.44. The third-order valence-corrected chi connectivity index (χ3v) is 2.46. The summed E-state index contributed by atoms with van der Waals surface area (Å²) in [5.74, 6) is -0.278. The van der Waals surface area contributed by atoms with E-state index in [4.69, 9.17) is 16.3 Å². The van der Waals surface area contributed by atoms with Crippen LogP contribution in [0.4, 0.5) is 0 Å². The second-order valence-electron chi connectivity index (χ2n) is 3.42. The quantitative estimate of drug-likeness (QED) is 0.551. The molecule has 0 aliphatic heterocycles. The molecule has 0 radical (unpaired) electrons. The van der Waals surface area contributed by atoms with E-state index in [0.717, 1.165) is 18.4 Å². The standard InChI is InChI=1S/C11H10O3/c1-2-14-11(5-6-11)8-3-4-9(12)10(13)7-8/h1,3-4,7,12-13H,5-6H2. The second-order valence-corrected chi connectivity index (χ2v) is 3.42. The summed E-state index contributed by atoms with van der Waals surface area (Å²) in [6.07, 6.45) is 8.93. The molecular weight excluding hydrogens is 180 g/mol. The van der Waals surface area contributed by atoms with Crippen molar-refractivity contribution in [2.45, 2.75) is 18.4 Å². The van der Waals surface area contributed by atoms with E-state index in [0.29, 0.717) is 0 Å². The summed E-state index contributed by atoms with van der Waals surface area (Å²) in [5, 5.41) is 18.4. The van der Waals surface area contributed by atoms with E-state index < -0.39 is 5.60 Å². The monoisotopic (exact) mass is 190 g/mol. The minimum Gasteiger partial charge on any atom is -0.504 e. The van der Waals surface area contributed by atoms with Gasteiger partial charge >= 0.3 is 0 Å². The average Bonchev–Trinajstić information content (AvgIpc) is 2.91. The van der Waals surface area contributed by atoms with Crippen LogP contribution in [-0.4, -0.2) is 10.2 Å². The molecule has 0 bridgehead atoms. The van der Waals surface area contributed by atoms with Crippen molar-refractivity contribution in [2.24, 2.45) is 0 Å². The van der Waals surface area contributed by atoms with Gasteiger partial charge in [0.1, 0.15) is 11.7 Å². The smallest absolute Gasteiger partial charge is 0.157 e. The van der Waals surface area contributed by atoms with Gasteiger partial charge in [-0.3, -0.25) is 0 Å². The minimum absolute atomic E-state index is 0.134. The van der Waals surface area contributed by atoms with Gasteiger partial charge in [0.25, 0.3) is 0 Å². The van der Waals surface area contributed by atoms with Crippen molar-refractivity contribution in [2.75, 3.05) is 0 Å². The second kappa shape index (κ2) is 2.85. The lowest BCUT2D eigenvalue weighted by atomic mass is 10.1. The van der Waals surface area contributed by atoms with Gasteiger partial charge in [-0.05, 0) is 25.0 Å². The van der Waals surface area contributed by atoms with Crippen molar-refractivity contribution in [1.82, 2.24) is 0 Å². The van der Waals surface area contributed by atoms with Crippen LogP contribution in [0.5, 0.6) is 11.5 Å². The number of terminal acetylenes is 1. The highest BCUT2D eigenvalue weighted by Crippen LogP contribution is 2.50. The van der Waals surface area contributed by atoms with E-state index in [2.05, 4.69) is 6.11 Å². The fourth-order valence-electron chi connectivity index (χ4n) is 1.48. The first-order valence-electron chi connectivity index (χ1n) is 4.34. The van der Waals surface area contributed by atoms with E-state index in [1.807, 2.05) is 0 Å². The maximum atomic E-state index is 9.30. The summed E-state index contributed by atoms with van der Waals surface area (Å²) in [6.45, 7) is 0. The Hall–Kier alpha value is -1.82. The highest BCUT2D eigenvalue weighted by atomic mass is 16.5. The average molecular weight is 190 g/mol. The minimum atomic E-state index is -0.431. The number of benzene rings is 1. The molecule has 72 valence electrons. The molecule has 1 saturated carbocycles. The van der Waals surface area contributed by atoms with Gasteiger partial charge in [0.05, 0.1) is 0 Å². The maximum Gasteiger partial charge on any atom is 0.157 e. The molecule has 0 aromatic heterocycles. The molecule has 0 heterocycles. The predicted molar refractivity (Wildman–Crippen MR) is 50.6 cm³/mol. The largest absolute Gasteiger partial charge is 0.504 e. The summed E-state index contributed by atoms with van der Waals surface area (Å²) in [4.78, 5) is 0. The van der Waals surface area contributed by atoms with Crippen LogP contribution >= 0.6 is 0 Å². The Morgan fingerprint density at radius 1 is 1.29 bits per heavy atom. The normalized spacial score (nSPS) is 17.1. The van der Waals surface area contributed by atoms with E-state index in [-0.39, 0.29) is 11.5 Å². The molecule has 0 amide bonds. The molecule has 14 heavy (non-hydrogen) atoms. The summed E-state index contributed by atoms with van der Waals surface area (Å²) in [5.41, 5.74) is 0.380. The first kappa shape index (κ1) is 8.76. The zero-order valence-corrected chi connectivity index (χ0v) is 7.53. The van der Waals surface area contributed by atoms with Crippen LogP contribution in [0.1, 0.15) is 18.4 Å². The van der Waals surface area contributed by atoms with E-state index in [9.17, 15) is 5.11 Å². The van der Waals surface area contributed by atoms with Gasteiger partial charge in [0, 0.05) is 5.56 Å². The fourth-order valence-corrected chi connectivity index (χ4v) is 1.48. The van der Waals surface area contributed by atoms with Crippen LogP contribution in [-0.2, 0) is 10.3 Å². The topological polar surface area (TPSA) is 49.7 Å². The number of phenolic OH excluding ortho intramolecular Hbond substituents is 2. The molecule has 2 N–H and O–H groups in total. The number of rotatable bonds is 2. The molecule has 2 rings (SSSR count). The Balaban J connectivity index is 2.34. The van der Waals surface area contributed by atoms with Gasteiger partial charge in [0.15, 0.2) is 11.5 Å². The number of aromatic hydroxyl groups is 2. The predicted octanol–water partition coefficient (Wildman–Crippen LogP) is 1.69. The van der Waals surface area contributed by atoms with Gasteiger partial charge in [-0.1, -0.05) is 12.5 Å². The Morgan fingerprint density at radius 3 is 2.50 bits per heavy atom. The third-order valence-electron chi connectivity index (χ3n) is 2.46. The molecule has 1 aliphatic carbocycles. The molecule has 0 unspecified atom stereocenters. The molecular formula is C11H10O3. The highest BCUT2D eigenvalue weighted by Gasteiger charge is 2.47. The van der Waals surface area contributed by atoms with E-state index in [1.165, 1.54) is 12.1 Å². The molecule has 1 aliphatic rings. The molecule has 0 saturated heterocycles. The van der Waals surface area contributed by atoms with Crippen LogP contribution in [0.15, 0.2) is 18.2 Å². The van der Waals surface area contributed by atoms with Crippen molar-refractivity contribution in [3.63, 3.8) is 0 Å². The van der Waals surface area contributed by atoms with Crippen molar-refractivity contribution in [3.8, 4) is 24.0 Å². The van der Waals surface area contributed by atoms with Crippen molar-refractivity contribution < 1.29 is 14.9 Å². The lowest BCUT2D eigenvalue weighted by molar-refractivity contribution is 0.143. The van der Waals surface area contributed by atoms with Crippen LogP contribution in [0.3, 0.4) is 0 Å². The zero-order valence-electron chi connectivity index (χ0n) is 7.53. The summed E-state index contributed by atoms with van der Waals surface area (Å²) in [7, 11) is 0. The summed E-state index contributed by atoms with van der Waals surface area (Å²) in [6, 6.07) is 4.63. The molecule has 0 spiro atoms. The number of hydrogen-bond acceptors (Lipinski definition) is 3. The third kappa shape index (κ3) is 1.25. The SMILES string of the molecule is C#COC1(c2ccc(O)c(O)c2)CC1. The van der Waals surface area contributed by atoms with Gasteiger partial charge in [-0.2, -0.15) is 0 Å². The Morgan fingerprint density at radius 2 is 2.00 bits per heavy atom. The summed E-state index contributed by atoms with van der Waals surface area (Å²) < 4.78 is 5.16. The van der Waals surface area contributed by atoms with Crippen molar-refractivity contribution in [1.29, 1.82) is 0 Å². The van der Waals surface area contributed by atoms with Gasteiger partial charge in [-0.15, -0.1) is 0 Å². The van der Waals surface area contributed by atoms with Crippen LogP contribution in [0, 0.1) is 12.5 Å². The Bertz CT molecular complexity index is 399. The molecule has 3 heteroatoms. The maximum absolute atomic E-state index is 9.30. The van der Waals surface area contributed by atoms with Crippen LogP contribution in [0.2, 0.25) is 0 Å². The molecule has 3 nitrogen and oxygen atoms in total. The van der Waals surface area contributed by atoms with Gasteiger partial charge < -0.3 is 14.9 Å². The lowest BCUT2D eigenvalue weighted by Crippen LogP contribution is -2.07. The van der Waals surface area contributed by atoms with Gasteiger partial charge in [0.2, 0.25) is 0 Å². The molecule has 1 aromatic rings. The molecule has 1 aromatic carbocycles.